The van der Waals surface area contributed by atoms with Gasteiger partial charge in [-0.2, -0.15) is 0 Å². The van der Waals surface area contributed by atoms with Gasteiger partial charge in [0, 0.05) is 50.9 Å². The van der Waals surface area contributed by atoms with Crippen molar-refractivity contribution < 1.29 is 9.59 Å². The number of amides is 2. The van der Waals surface area contributed by atoms with Crippen molar-refractivity contribution in [2.24, 2.45) is 0 Å². The summed E-state index contributed by atoms with van der Waals surface area (Å²) in [6.07, 6.45) is 5.18. The molecule has 1 atom stereocenters. The maximum atomic E-state index is 13.4. The van der Waals surface area contributed by atoms with Crippen LogP contribution in [0.15, 0.2) is 66.7 Å². The Morgan fingerprint density at radius 3 is 2.12 bits per heavy atom. The van der Waals surface area contributed by atoms with E-state index in [-0.39, 0.29) is 24.5 Å². The summed E-state index contributed by atoms with van der Waals surface area (Å²) in [7, 11) is 3.80. The third-order valence-electron chi connectivity index (χ3n) is 7.88. The molecule has 40 heavy (non-hydrogen) atoms. The summed E-state index contributed by atoms with van der Waals surface area (Å²) in [6.45, 7) is 2.22. The Hall–Kier alpha value is -3.06. The molecule has 1 aliphatic heterocycles. The number of carbonyl (C=O) groups excluding carboxylic acids is 2. The molecule has 5 rings (SSSR count). The Morgan fingerprint density at radius 2 is 1.52 bits per heavy atom. The molecule has 6 nitrogen and oxygen atoms in total. The number of benzene rings is 3. The van der Waals surface area contributed by atoms with Crippen LogP contribution >= 0.6 is 23.2 Å². The molecule has 1 saturated heterocycles. The molecule has 1 heterocycles. The third-order valence-corrected chi connectivity index (χ3v) is 8.62. The highest BCUT2D eigenvalue weighted by Crippen LogP contribution is 2.27. The zero-order valence-electron chi connectivity index (χ0n) is 23.1. The topological polar surface area (TPSA) is 55.9 Å². The molecule has 2 fully saturated rings. The van der Waals surface area contributed by atoms with Gasteiger partial charge in [-0.05, 0) is 72.7 Å². The summed E-state index contributed by atoms with van der Waals surface area (Å²) >= 11 is 12.3. The summed E-state index contributed by atoms with van der Waals surface area (Å²) in [6, 6.07) is 22.1. The number of carbonyl (C=O) groups is 2. The lowest BCUT2D eigenvalue weighted by molar-refractivity contribution is -0.133. The van der Waals surface area contributed by atoms with Gasteiger partial charge in [0.05, 0.1) is 22.8 Å². The van der Waals surface area contributed by atoms with Crippen molar-refractivity contribution >= 4 is 40.7 Å². The quantitative estimate of drug-likeness (QED) is 0.315. The van der Waals surface area contributed by atoms with Gasteiger partial charge in [0.1, 0.15) is 0 Å². The molecule has 3 aromatic carbocycles. The monoisotopic (exact) mass is 578 g/mol. The molecule has 1 saturated carbocycles. The molecule has 2 aliphatic rings. The molecule has 1 N–H and O–H groups in total. The van der Waals surface area contributed by atoms with E-state index < -0.39 is 0 Å². The average molecular weight is 580 g/mol. The number of rotatable bonds is 10. The van der Waals surface area contributed by atoms with Gasteiger partial charge in [0.2, 0.25) is 5.91 Å². The molecule has 0 bridgehead atoms. The van der Waals surface area contributed by atoms with Gasteiger partial charge in [-0.3, -0.25) is 14.5 Å². The SMILES string of the molecule is CN(CC(=O)N(C)C(Cc1ccc(-c2ccc(C(=O)NC3CC3)cc2)cc1)N1CCCC1)c1ccc(Cl)c(Cl)c1. The summed E-state index contributed by atoms with van der Waals surface area (Å²) < 4.78 is 0. The molecule has 210 valence electrons. The standard InChI is InChI=1S/C32H36Cl2N4O2/c1-36(27-15-16-28(33)29(34)20-27)21-31(39)37(2)30(38-17-3-4-18-38)19-22-5-7-23(8-6-22)24-9-11-25(12-10-24)32(40)35-26-13-14-26/h5-12,15-16,20,26,30H,3-4,13-14,17-19,21H2,1-2H3,(H,35,40). The molecule has 0 radical (unpaired) electrons. The van der Waals surface area contributed by atoms with Gasteiger partial charge in [0.25, 0.3) is 5.91 Å². The molecule has 2 amide bonds. The number of hydrogen-bond acceptors (Lipinski definition) is 4. The lowest BCUT2D eigenvalue weighted by atomic mass is 10.0. The molecule has 1 unspecified atom stereocenters. The largest absolute Gasteiger partial charge is 0.365 e. The van der Waals surface area contributed by atoms with Crippen LogP contribution in [0.25, 0.3) is 11.1 Å². The Labute approximate surface area is 246 Å². The van der Waals surface area contributed by atoms with E-state index in [1.807, 2.05) is 54.2 Å². The highest BCUT2D eigenvalue weighted by atomic mass is 35.5. The fourth-order valence-electron chi connectivity index (χ4n) is 5.20. The van der Waals surface area contributed by atoms with E-state index in [0.717, 1.165) is 62.0 Å². The maximum absolute atomic E-state index is 13.4. The van der Waals surface area contributed by atoms with Crippen molar-refractivity contribution in [3.05, 3.63) is 87.9 Å². The Morgan fingerprint density at radius 1 is 0.900 bits per heavy atom. The highest BCUT2D eigenvalue weighted by Gasteiger charge is 2.29. The van der Waals surface area contributed by atoms with Crippen LogP contribution in [0.1, 0.15) is 41.6 Å². The second-order valence-corrected chi connectivity index (χ2v) is 11.7. The molecule has 3 aromatic rings. The van der Waals surface area contributed by atoms with Crippen LogP contribution in [0.5, 0.6) is 0 Å². The number of halogens is 2. The lowest BCUT2D eigenvalue weighted by Crippen LogP contribution is -2.51. The maximum Gasteiger partial charge on any atom is 0.251 e. The first kappa shape index (κ1) is 28.5. The normalized spacial score (nSPS) is 16.0. The number of nitrogens with zero attached hydrogens (tertiary/aromatic N) is 3. The van der Waals surface area contributed by atoms with E-state index in [1.165, 1.54) is 5.56 Å². The van der Waals surface area contributed by atoms with Crippen molar-refractivity contribution in [3.8, 4) is 11.1 Å². The highest BCUT2D eigenvalue weighted by molar-refractivity contribution is 6.42. The van der Waals surface area contributed by atoms with E-state index >= 15 is 0 Å². The van der Waals surface area contributed by atoms with Crippen LogP contribution in [0.3, 0.4) is 0 Å². The minimum absolute atomic E-state index is 0.000762. The van der Waals surface area contributed by atoms with Gasteiger partial charge >= 0.3 is 0 Å². The predicted molar refractivity (Wildman–Crippen MR) is 163 cm³/mol. The van der Waals surface area contributed by atoms with E-state index in [0.29, 0.717) is 21.7 Å². The summed E-state index contributed by atoms with van der Waals surface area (Å²) in [5.41, 5.74) is 4.89. The van der Waals surface area contributed by atoms with Crippen molar-refractivity contribution in [2.45, 2.75) is 44.3 Å². The fraction of sp³-hybridized carbons (Fsp3) is 0.375. The summed E-state index contributed by atoms with van der Waals surface area (Å²) in [5.74, 6) is 0.0482. The van der Waals surface area contributed by atoms with E-state index in [9.17, 15) is 9.59 Å². The van der Waals surface area contributed by atoms with E-state index in [2.05, 4.69) is 34.5 Å². The van der Waals surface area contributed by atoms with Crippen LogP contribution in [-0.4, -0.2) is 67.6 Å². The number of anilines is 1. The van der Waals surface area contributed by atoms with Crippen molar-refractivity contribution in [1.82, 2.24) is 15.1 Å². The molecule has 0 aromatic heterocycles. The van der Waals surface area contributed by atoms with E-state index in [4.69, 9.17) is 23.2 Å². The van der Waals surface area contributed by atoms with Gasteiger partial charge in [0.15, 0.2) is 0 Å². The van der Waals surface area contributed by atoms with Gasteiger partial charge in [-0.25, -0.2) is 0 Å². The number of hydrogen-bond donors (Lipinski definition) is 1. The first-order chi connectivity index (χ1) is 19.3. The summed E-state index contributed by atoms with van der Waals surface area (Å²) in [5, 5.41) is 4.00. The number of likely N-dealkylation sites (N-methyl/N-ethyl adjacent to an activating group) is 2. The van der Waals surface area contributed by atoms with Gasteiger partial charge in [-0.15, -0.1) is 0 Å². The van der Waals surface area contributed by atoms with Crippen molar-refractivity contribution in [3.63, 3.8) is 0 Å². The van der Waals surface area contributed by atoms with Crippen molar-refractivity contribution in [1.29, 1.82) is 0 Å². The average Bonchev–Trinajstić information content (AvgIpc) is 3.61. The second kappa shape index (κ2) is 12.6. The zero-order chi connectivity index (χ0) is 28.2. The first-order valence-electron chi connectivity index (χ1n) is 13.9. The molecular formula is C32H36Cl2N4O2. The predicted octanol–water partition coefficient (Wildman–Crippen LogP) is 6.11. The second-order valence-electron chi connectivity index (χ2n) is 10.9. The molecule has 0 spiro atoms. The van der Waals surface area contributed by atoms with Crippen LogP contribution in [-0.2, 0) is 11.2 Å². The van der Waals surface area contributed by atoms with Gasteiger partial charge in [-0.1, -0.05) is 59.6 Å². The van der Waals surface area contributed by atoms with Crippen LogP contribution in [0, 0.1) is 0 Å². The Bertz CT molecular complexity index is 1340. The Balaban J connectivity index is 1.24. The fourth-order valence-corrected chi connectivity index (χ4v) is 5.49. The zero-order valence-corrected chi connectivity index (χ0v) is 24.6. The van der Waals surface area contributed by atoms with E-state index in [1.54, 1.807) is 12.1 Å². The smallest absolute Gasteiger partial charge is 0.251 e. The number of nitrogens with one attached hydrogen (secondary N) is 1. The molecular weight excluding hydrogens is 543 g/mol. The van der Waals surface area contributed by atoms with Gasteiger partial charge < -0.3 is 15.1 Å². The van der Waals surface area contributed by atoms with Crippen LogP contribution in [0.2, 0.25) is 10.0 Å². The number of likely N-dealkylation sites (tertiary alicyclic amines) is 1. The summed E-state index contributed by atoms with van der Waals surface area (Å²) in [4.78, 5) is 31.9. The minimum atomic E-state index is -0.0210. The molecule has 8 heteroatoms. The first-order valence-corrected chi connectivity index (χ1v) is 14.7. The van der Waals surface area contributed by atoms with Crippen molar-refractivity contribution in [2.75, 3.05) is 38.6 Å². The molecule has 1 aliphatic carbocycles. The van der Waals surface area contributed by atoms with Crippen LogP contribution < -0.4 is 10.2 Å². The Kier molecular flexibility index (Phi) is 8.99. The minimum Gasteiger partial charge on any atom is -0.365 e. The third kappa shape index (κ3) is 6.98. The van der Waals surface area contributed by atoms with Crippen LogP contribution in [0.4, 0.5) is 5.69 Å². The lowest BCUT2D eigenvalue weighted by Gasteiger charge is -2.36.